The molecule has 0 saturated carbocycles. The predicted molar refractivity (Wildman–Crippen MR) is 144 cm³/mol. The number of nitrogens with zero attached hydrogens (tertiary/aromatic N) is 2. The van der Waals surface area contributed by atoms with E-state index in [4.69, 9.17) is 18.9 Å². The molecule has 1 aromatic rings. The van der Waals surface area contributed by atoms with Crippen LogP contribution in [0.4, 0.5) is 9.59 Å². The number of ether oxygens (including phenoxy) is 4. The summed E-state index contributed by atoms with van der Waals surface area (Å²) in [7, 11) is 1.25. The second kappa shape index (κ2) is 12.6. The van der Waals surface area contributed by atoms with Crippen LogP contribution >= 0.6 is 0 Å². The highest BCUT2D eigenvalue weighted by molar-refractivity contribution is 5.91. The van der Waals surface area contributed by atoms with Crippen LogP contribution in [0.5, 0.6) is 5.75 Å². The smallest absolute Gasteiger partial charge is 0.410 e. The third kappa shape index (κ3) is 7.05. The zero-order chi connectivity index (χ0) is 28.9. The van der Waals surface area contributed by atoms with Crippen LogP contribution in [-0.4, -0.2) is 78.9 Å². The summed E-state index contributed by atoms with van der Waals surface area (Å²) in [5, 5.41) is 2.69. The van der Waals surface area contributed by atoms with Gasteiger partial charge in [-0.25, -0.2) is 14.4 Å². The standard InChI is InChI=1S/C29H39N3O8/c1-29(2,3)24-25(33)32-18-22(15-23(32)26(34)37-4)40-28(36)31-16-19-10-11-21(14-20(19)17-31)38-12-8-6-5-7-9-13-39-27(35)30-24/h6,8,10-11,14,22-24H,5,7,9,12-13,15-18H2,1-4H3,(H,30,35)/t22-,23?,24-/m1/s1. The Labute approximate surface area is 234 Å². The maximum Gasteiger partial charge on any atom is 0.410 e. The molecule has 1 N–H and O–H groups in total. The molecule has 1 fully saturated rings. The summed E-state index contributed by atoms with van der Waals surface area (Å²) in [6.07, 6.45) is 4.41. The van der Waals surface area contributed by atoms with Crippen LogP contribution in [-0.2, 0) is 36.9 Å². The molecule has 11 nitrogen and oxygen atoms in total. The van der Waals surface area contributed by atoms with Gasteiger partial charge in [0.05, 0.1) is 20.3 Å². The van der Waals surface area contributed by atoms with E-state index in [1.165, 1.54) is 12.0 Å². The van der Waals surface area contributed by atoms with Crippen LogP contribution < -0.4 is 10.1 Å². The minimum Gasteiger partial charge on any atom is -0.490 e. The van der Waals surface area contributed by atoms with Crippen molar-refractivity contribution in [3.05, 3.63) is 41.5 Å². The Bertz CT molecular complexity index is 1140. The van der Waals surface area contributed by atoms with Crippen LogP contribution in [0, 0.1) is 5.41 Å². The zero-order valence-corrected chi connectivity index (χ0v) is 23.6. The Hall–Kier alpha value is -3.76. The molecule has 3 atom stereocenters. The lowest BCUT2D eigenvalue weighted by Gasteiger charge is -2.34. The van der Waals surface area contributed by atoms with E-state index in [1.807, 2.05) is 51.1 Å². The summed E-state index contributed by atoms with van der Waals surface area (Å²) in [5.41, 5.74) is 1.30. The molecule has 3 aliphatic rings. The molecule has 1 saturated heterocycles. The van der Waals surface area contributed by atoms with Gasteiger partial charge in [0.25, 0.3) is 0 Å². The first-order chi connectivity index (χ1) is 19.1. The van der Waals surface area contributed by atoms with E-state index in [1.54, 1.807) is 4.90 Å². The highest BCUT2D eigenvalue weighted by Gasteiger charge is 2.47. The fraction of sp³-hybridized carbons (Fsp3) is 0.586. The van der Waals surface area contributed by atoms with Crippen LogP contribution in [0.1, 0.15) is 57.6 Å². The van der Waals surface area contributed by atoms with Gasteiger partial charge in [-0.15, -0.1) is 0 Å². The van der Waals surface area contributed by atoms with Gasteiger partial charge >= 0.3 is 18.2 Å². The lowest BCUT2D eigenvalue weighted by atomic mass is 9.85. The number of rotatable bonds is 1. The number of allylic oxidation sites excluding steroid dienone is 1. The summed E-state index contributed by atoms with van der Waals surface area (Å²) in [6, 6.07) is 3.84. The van der Waals surface area contributed by atoms with Crippen molar-refractivity contribution in [2.24, 2.45) is 5.41 Å². The Balaban J connectivity index is 1.55. The number of nitrogens with one attached hydrogen (secondary N) is 1. The zero-order valence-electron chi connectivity index (χ0n) is 23.6. The van der Waals surface area contributed by atoms with Crippen LogP contribution in [0.2, 0.25) is 0 Å². The van der Waals surface area contributed by atoms with Crippen molar-refractivity contribution in [1.82, 2.24) is 15.1 Å². The lowest BCUT2D eigenvalue weighted by molar-refractivity contribution is -0.152. The Morgan fingerprint density at radius 3 is 2.58 bits per heavy atom. The van der Waals surface area contributed by atoms with Gasteiger partial charge < -0.3 is 29.2 Å². The SMILES string of the molecule is COC(=O)C1C[C@@H]2CN1C(=O)[C@H](C(C)(C)C)NC(=O)OCCCCC=CCOc1ccc3c(c1)CN(C3)C(=O)O2. The molecule has 3 heterocycles. The van der Waals surface area contributed by atoms with Crippen molar-refractivity contribution < 1.29 is 38.1 Å². The molecule has 4 rings (SSSR count). The molecule has 0 radical (unpaired) electrons. The van der Waals surface area contributed by atoms with E-state index in [-0.39, 0.29) is 19.6 Å². The second-order valence-electron chi connectivity index (χ2n) is 11.4. The van der Waals surface area contributed by atoms with Crippen molar-refractivity contribution in [3.63, 3.8) is 0 Å². The van der Waals surface area contributed by atoms with E-state index in [0.29, 0.717) is 26.1 Å². The van der Waals surface area contributed by atoms with Crippen LogP contribution in [0.3, 0.4) is 0 Å². The number of hydrogen-bond donors (Lipinski definition) is 1. The van der Waals surface area contributed by atoms with Gasteiger partial charge in [-0.2, -0.15) is 0 Å². The number of fused-ring (bicyclic) bond motifs is 4. The largest absolute Gasteiger partial charge is 0.490 e. The van der Waals surface area contributed by atoms with Crippen LogP contribution in [0.15, 0.2) is 30.4 Å². The molecule has 218 valence electrons. The molecule has 5 bridgehead atoms. The third-order valence-electron chi connectivity index (χ3n) is 7.33. The Kier molecular flexibility index (Phi) is 9.21. The van der Waals surface area contributed by atoms with Crippen molar-refractivity contribution in [2.45, 2.75) is 77.7 Å². The molecule has 40 heavy (non-hydrogen) atoms. The third-order valence-corrected chi connectivity index (χ3v) is 7.33. The summed E-state index contributed by atoms with van der Waals surface area (Å²) in [5.74, 6) is -0.363. The molecule has 3 amide bonds. The molecule has 1 aromatic carbocycles. The predicted octanol–water partition coefficient (Wildman–Crippen LogP) is 3.54. The average molecular weight is 558 g/mol. The maximum absolute atomic E-state index is 13.8. The number of methoxy groups -OCH3 is 1. The molecule has 0 spiro atoms. The maximum atomic E-state index is 13.8. The van der Waals surface area contributed by atoms with Gasteiger partial charge in [-0.1, -0.05) is 39.0 Å². The molecule has 11 heteroatoms. The average Bonchev–Trinajstić information content (AvgIpc) is 3.53. The number of amides is 3. The highest BCUT2D eigenvalue weighted by atomic mass is 16.6. The van der Waals surface area contributed by atoms with E-state index in [9.17, 15) is 19.2 Å². The van der Waals surface area contributed by atoms with Crippen molar-refractivity contribution in [3.8, 4) is 5.75 Å². The van der Waals surface area contributed by atoms with Crippen molar-refractivity contribution in [1.29, 1.82) is 0 Å². The van der Waals surface area contributed by atoms with Gasteiger partial charge in [-0.05, 0) is 47.9 Å². The lowest BCUT2D eigenvalue weighted by Crippen LogP contribution is -2.57. The van der Waals surface area contributed by atoms with E-state index >= 15 is 0 Å². The molecule has 0 aliphatic carbocycles. The summed E-state index contributed by atoms with van der Waals surface area (Å²) in [6.45, 7) is 6.84. The molecule has 0 aromatic heterocycles. The number of carbonyl (C=O) groups excluding carboxylic acids is 4. The fourth-order valence-electron chi connectivity index (χ4n) is 5.13. The first-order valence-electron chi connectivity index (χ1n) is 13.7. The number of carbonyl (C=O) groups is 4. The van der Waals surface area contributed by atoms with E-state index in [2.05, 4.69) is 5.32 Å². The van der Waals surface area contributed by atoms with Gasteiger partial charge in [0.15, 0.2) is 0 Å². The number of alkyl carbamates (subject to hydrolysis) is 1. The van der Waals surface area contributed by atoms with Crippen molar-refractivity contribution in [2.75, 3.05) is 26.9 Å². The van der Waals surface area contributed by atoms with Gasteiger partial charge in [0.2, 0.25) is 5.91 Å². The minimum absolute atomic E-state index is 0.000571. The number of hydrogen-bond acceptors (Lipinski definition) is 8. The summed E-state index contributed by atoms with van der Waals surface area (Å²) in [4.78, 5) is 55.0. The summed E-state index contributed by atoms with van der Waals surface area (Å²) < 4.78 is 21.9. The number of benzene rings is 1. The Morgan fingerprint density at radius 1 is 1.05 bits per heavy atom. The highest BCUT2D eigenvalue weighted by Crippen LogP contribution is 2.30. The topological polar surface area (TPSA) is 124 Å². The van der Waals surface area contributed by atoms with Gasteiger partial charge in [-0.3, -0.25) is 9.69 Å². The molecular formula is C29H39N3O8. The molecule has 3 aliphatic heterocycles. The summed E-state index contributed by atoms with van der Waals surface area (Å²) >= 11 is 0. The minimum atomic E-state index is -0.978. The molecule has 1 unspecified atom stereocenters. The molecular weight excluding hydrogens is 518 g/mol. The Morgan fingerprint density at radius 2 is 1.82 bits per heavy atom. The first-order valence-corrected chi connectivity index (χ1v) is 13.7. The fourth-order valence-corrected chi connectivity index (χ4v) is 5.13. The van der Waals surface area contributed by atoms with Crippen molar-refractivity contribution >= 4 is 24.1 Å². The second-order valence-corrected chi connectivity index (χ2v) is 11.4. The first kappa shape index (κ1) is 29.2. The normalized spacial score (nSPS) is 24.7. The van der Waals surface area contributed by atoms with Gasteiger partial charge in [0.1, 0.15) is 30.5 Å². The monoisotopic (exact) mass is 557 g/mol. The van der Waals surface area contributed by atoms with E-state index in [0.717, 1.165) is 29.7 Å². The van der Waals surface area contributed by atoms with Gasteiger partial charge in [0, 0.05) is 19.5 Å². The van der Waals surface area contributed by atoms with Crippen LogP contribution in [0.25, 0.3) is 0 Å². The number of cyclic esters (lactones) is 1. The van der Waals surface area contributed by atoms with E-state index < -0.39 is 47.7 Å². The quantitative estimate of drug-likeness (QED) is 0.316. The number of esters is 1.